The maximum atomic E-state index is 6.23. The molecule has 0 saturated heterocycles. The number of ether oxygens (including phenoxy) is 1. The monoisotopic (exact) mass is 310 g/mol. The van der Waals surface area contributed by atoms with Gasteiger partial charge in [-0.1, -0.05) is 42.6 Å². The van der Waals surface area contributed by atoms with Gasteiger partial charge in [0.25, 0.3) is 0 Å². The number of anilines is 1. The maximum Gasteiger partial charge on any atom is 0.161 e. The first kappa shape index (κ1) is 14.1. The van der Waals surface area contributed by atoms with Gasteiger partial charge in [0.2, 0.25) is 0 Å². The van der Waals surface area contributed by atoms with E-state index in [1.54, 1.807) is 18.9 Å². The van der Waals surface area contributed by atoms with Crippen LogP contribution < -0.4 is 10.1 Å². The van der Waals surface area contributed by atoms with Gasteiger partial charge in [-0.2, -0.15) is 0 Å². The van der Waals surface area contributed by atoms with Crippen molar-refractivity contribution in [3.8, 4) is 5.75 Å². The van der Waals surface area contributed by atoms with E-state index in [-0.39, 0.29) is 5.54 Å². The first-order valence-electron chi connectivity index (χ1n) is 7.04. The van der Waals surface area contributed by atoms with Crippen molar-refractivity contribution in [2.24, 2.45) is 4.99 Å². The molecule has 0 unspecified atom stereocenters. The highest BCUT2D eigenvalue weighted by Gasteiger charge is 2.36. The molecule has 3 nitrogen and oxygen atoms in total. The lowest BCUT2D eigenvalue weighted by Gasteiger charge is -2.29. The van der Waals surface area contributed by atoms with E-state index < -0.39 is 0 Å². The third kappa shape index (κ3) is 2.91. The number of aliphatic imine (C=N–C) groups is 1. The van der Waals surface area contributed by atoms with Gasteiger partial charge in [-0.05, 0) is 25.0 Å². The van der Waals surface area contributed by atoms with E-state index in [9.17, 15) is 0 Å². The molecule has 3 rings (SSSR count). The van der Waals surface area contributed by atoms with Gasteiger partial charge in [-0.15, -0.1) is 0 Å². The summed E-state index contributed by atoms with van der Waals surface area (Å²) >= 11 is 8.03. The van der Waals surface area contributed by atoms with Gasteiger partial charge in [-0.25, -0.2) is 0 Å². The smallest absolute Gasteiger partial charge is 0.161 e. The van der Waals surface area contributed by atoms with Gasteiger partial charge in [0, 0.05) is 11.8 Å². The lowest BCUT2D eigenvalue weighted by atomic mass is 9.84. The van der Waals surface area contributed by atoms with E-state index in [1.165, 1.54) is 32.1 Å². The lowest BCUT2D eigenvalue weighted by molar-refractivity contribution is 0.335. The van der Waals surface area contributed by atoms with Gasteiger partial charge in [0.15, 0.2) is 5.17 Å². The van der Waals surface area contributed by atoms with Crippen LogP contribution in [0.1, 0.15) is 32.1 Å². The minimum Gasteiger partial charge on any atom is -0.497 e. The number of thioether (sulfide) groups is 1. The van der Waals surface area contributed by atoms with Crippen LogP contribution in [0.5, 0.6) is 5.75 Å². The highest BCUT2D eigenvalue weighted by Crippen LogP contribution is 2.40. The molecule has 20 heavy (non-hydrogen) atoms. The van der Waals surface area contributed by atoms with E-state index in [4.69, 9.17) is 21.3 Å². The zero-order valence-corrected chi connectivity index (χ0v) is 13.2. The molecule has 108 valence electrons. The second-order valence-electron chi connectivity index (χ2n) is 5.46. The second-order valence-corrected chi connectivity index (χ2v) is 6.83. The standard InChI is InChI=1S/C15H19ClN2OS/c1-19-11-5-6-12(16)13(9-11)17-14-18-15(10-20-14)7-3-2-4-8-15/h5-6,9H,2-4,7-8,10H2,1H3,(H,17,18). The summed E-state index contributed by atoms with van der Waals surface area (Å²) in [6.45, 7) is 0. The van der Waals surface area contributed by atoms with Crippen LogP contribution in [0.25, 0.3) is 0 Å². The van der Waals surface area contributed by atoms with Gasteiger partial charge >= 0.3 is 0 Å². The molecule has 0 atom stereocenters. The first-order chi connectivity index (χ1) is 9.71. The molecule has 1 aliphatic heterocycles. The van der Waals surface area contributed by atoms with Crippen LogP contribution in [0.2, 0.25) is 5.02 Å². The maximum absolute atomic E-state index is 6.23. The molecule has 2 aliphatic rings. The Bertz CT molecular complexity index is 527. The summed E-state index contributed by atoms with van der Waals surface area (Å²) in [6, 6.07) is 5.62. The Labute approximate surface area is 129 Å². The Morgan fingerprint density at radius 3 is 2.85 bits per heavy atom. The average Bonchev–Trinajstić information content (AvgIpc) is 2.84. The van der Waals surface area contributed by atoms with Gasteiger partial charge in [-0.3, -0.25) is 4.99 Å². The highest BCUT2D eigenvalue weighted by atomic mass is 35.5. The Morgan fingerprint density at radius 2 is 2.10 bits per heavy atom. The summed E-state index contributed by atoms with van der Waals surface area (Å²) in [5, 5.41) is 5.04. The molecule has 1 aliphatic carbocycles. The minimum atomic E-state index is 0.177. The molecule has 1 saturated carbocycles. The molecule has 1 N–H and O–H groups in total. The van der Waals surface area contributed by atoms with Crippen LogP contribution in [0, 0.1) is 0 Å². The molecule has 5 heteroatoms. The normalized spacial score (nSPS) is 20.8. The van der Waals surface area contributed by atoms with Crippen molar-refractivity contribution in [1.29, 1.82) is 0 Å². The third-order valence-electron chi connectivity index (χ3n) is 4.02. The van der Waals surface area contributed by atoms with Crippen LogP contribution >= 0.6 is 23.4 Å². The number of nitrogens with zero attached hydrogens (tertiary/aromatic N) is 1. The number of hydrogen-bond donors (Lipinski definition) is 1. The molecular weight excluding hydrogens is 292 g/mol. The van der Waals surface area contributed by atoms with Crippen molar-refractivity contribution in [1.82, 2.24) is 0 Å². The summed E-state index contributed by atoms with van der Waals surface area (Å²) in [4.78, 5) is 4.94. The van der Waals surface area contributed by atoms with Crippen LogP contribution in [-0.4, -0.2) is 23.6 Å². The topological polar surface area (TPSA) is 33.6 Å². The Morgan fingerprint density at radius 1 is 1.30 bits per heavy atom. The van der Waals surface area contributed by atoms with E-state index in [0.29, 0.717) is 5.02 Å². The molecule has 1 fully saturated rings. The SMILES string of the molecule is COc1ccc(Cl)c(NC2=NC3(CCCCC3)CS2)c1. The lowest BCUT2D eigenvalue weighted by Crippen LogP contribution is -2.29. The summed E-state index contributed by atoms with van der Waals surface area (Å²) in [6.07, 6.45) is 6.40. The number of hydrogen-bond acceptors (Lipinski definition) is 4. The fraction of sp³-hybridized carbons (Fsp3) is 0.533. The predicted octanol–water partition coefficient (Wildman–Crippen LogP) is 4.57. The van der Waals surface area contributed by atoms with Gasteiger partial charge in [0.1, 0.15) is 5.75 Å². The van der Waals surface area contributed by atoms with Crippen molar-refractivity contribution in [3.63, 3.8) is 0 Å². The summed E-state index contributed by atoms with van der Waals surface area (Å²) in [5.41, 5.74) is 1.04. The molecule has 1 aromatic rings. The average molecular weight is 311 g/mol. The summed E-state index contributed by atoms with van der Waals surface area (Å²) in [5.74, 6) is 1.89. The van der Waals surface area contributed by atoms with Crippen molar-refractivity contribution in [3.05, 3.63) is 23.2 Å². The van der Waals surface area contributed by atoms with Crippen LogP contribution in [0.3, 0.4) is 0 Å². The molecule has 1 aromatic carbocycles. The van der Waals surface area contributed by atoms with Crippen molar-refractivity contribution in [2.75, 3.05) is 18.2 Å². The molecule has 1 heterocycles. The van der Waals surface area contributed by atoms with Crippen molar-refractivity contribution < 1.29 is 4.74 Å². The molecular formula is C15H19ClN2OS. The third-order valence-corrected chi connectivity index (χ3v) is 5.49. The highest BCUT2D eigenvalue weighted by molar-refractivity contribution is 8.14. The van der Waals surface area contributed by atoms with Gasteiger partial charge in [0.05, 0.1) is 23.4 Å². The first-order valence-corrected chi connectivity index (χ1v) is 8.40. The predicted molar refractivity (Wildman–Crippen MR) is 87.3 cm³/mol. The fourth-order valence-corrected chi connectivity index (χ4v) is 4.22. The summed E-state index contributed by atoms with van der Waals surface area (Å²) in [7, 11) is 1.66. The number of rotatable bonds is 2. The Balaban J connectivity index is 1.76. The quantitative estimate of drug-likeness (QED) is 0.869. The number of nitrogens with one attached hydrogen (secondary N) is 1. The Kier molecular flexibility index (Phi) is 4.13. The molecule has 0 aromatic heterocycles. The van der Waals surface area contributed by atoms with E-state index in [0.717, 1.165) is 22.4 Å². The Hall–Kier alpha value is -0.870. The number of methoxy groups -OCH3 is 1. The van der Waals surface area contributed by atoms with Crippen LogP contribution in [0.15, 0.2) is 23.2 Å². The van der Waals surface area contributed by atoms with E-state index >= 15 is 0 Å². The molecule has 0 amide bonds. The largest absolute Gasteiger partial charge is 0.497 e. The zero-order chi connectivity index (χ0) is 14.0. The van der Waals surface area contributed by atoms with Crippen LogP contribution in [0.4, 0.5) is 5.69 Å². The van der Waals surface area contributed by atoms with E-state index in [1.807, 2.05) is 18.2 Å². The molecule has 0 radical (unpaired) electrons. The fourth-order valence-electron chi connectivity index (χ4n) is 2.86. The number of halogens is 1. The number of amidine groups is 1. The molecule has 0 bridgehead atoms. The van der Waals surface area contributed by atoms with E-state index in [2.05, 4.69) is 5.32 Å². The minimum absolute atomic E-state index is 0.177. The van der Waals surface area contributed by atoms with Crippen LogP contribution in [-0.2, 0) is 0 Å². The zero-order valence-electron chi connectivity index (χ0n) is 11.6. The second kappa shape index (κ2) is 5.86. The summed E-state index contributed by atoms with van der Waals surface area (Å²) < 4.78 is 5.24. The van der Waals surface area contributed by atoms with Gasteiger partial charge < -0.3 is 10.1 Å². The van der Waals surface area contributed by atoms with Crippen molar-refractivity contribution >= 4 is 34.2 Å². The number of benzene rings is 1. The van der Waals surface area contributed by atoms with Crippen molar-refractivity contribution in [2.45, 2.75) is 37.6 Å². The molecule has 1 spiro atoms.